The first-order valence-electron chi connectivity index (χ1n) is 12.6. The molecule has 210 valence electrons. The quantitative estimate of drug-likeness (QED) is 0.278. The zero-order chi connectivity index (χ0) is 28.2. The number of rotatable bonds is 5. The van der Waals surface area contributed by atoms with Crippen molar-refractivity contribution >= 4 is 28.6 Å². The summed E-state index contributed by atoms with van der Waals surface area (Å²) in [6.07, 6.45) is -2.64. The molecule has 3 heterocycles. The van der Waals surface area contributed by atoms with Gasteiger partial charge in [0, 0.05) is 65.6 Å². The number of H-pyrrole nitrogens is 1. The molecule has 13 heteroatoms. The summed E-state index contributed by atoms with van der Waals surface area (Å²) in [4.78, 5) is 23.1. The molecule has 2 aliphatic rings. The molecule has 1 saturated heterocycles. The van der Waals surface area contributed by atoms with Crippen molar-refractivity contribution < 1.29 is 31.5 Å². The third-order valence-electron chi connectivity index (χ3n) is 7.44. The maximum atomic E-state index is 14.1. The van der Waals surface area contributed by atoms with Crippen molar-refractivity contribution in [3.05, 3.63) is 35.7 Å². The monoisotopic (exact) mass is 552 g/mol. The molecule has 1 saturated carbocycles. The highest BCUT2D eigenvalue weighted by atomic mass is 19.4. The van der Waals surface area contributed by atoms with Gasteiger partial charge in [-0.15, -0.1) is 0 Å². The molecule has 1 aliphatic carbocycles. The minimum atomic E-state index is -4.74. The fourth-order valence-corrected chi connectivity index (χ4v) is 5.27. The number of benzene rings is 1. The van der Waals surface area contributed by atoms with Crippen molar-refractivity contribution in [3.63, 3.8) is 0 Å². The molecule has 0 unspecified atom stereocenters. The van der Waals surface area contributed by atoms with Crippen LogP contribution in [0.2, 0.25) is 0 Å². The van der Waals surface area contributed by atoms with Gasteiger partial charge in [0.1, 0.15) is 5.56 Å². The maximum Gasteiger partial charge on any atom is 0.419 e. The number of methoxy groups -OCH3 is 1. The van der Waals surface area contributed by atoms with E-state index in [0.717, 1.165) is 19.0 Å². The summed E-state index contributed by atoms with van der Waals surface area (Å²) in [6, 6.07) is 2.94. The standard InChI is InChI=1S/C26H29F5N6O2/c1-24(2)7-6-14(10-34-24)35-22-33-12-17(26(29,30)31)20(37-22)16-11-32-21-15(16)4-5-18(36-23(38)39-3)19(21)13-8-25(27,28)9-13/h4-5,11-14,32,34H,6-10H2,1-3H3,(H,36,38)(H,33,35,37)/t14-/m0/s1. The number of carbonyl (C=O) groups is 1. The Morgan fingerprint density at radius 2 is 1.95 bits per heavy atom. The van der Waals surface area contributed by atoms with Crippen molar-refractivity contribution in [2.24, 2.45) is 0 Å². The SMILES string of the molecule is COC(=O)Nc1ccc2c(-c3nc(N[C@H]4CCC(C)(C)NC4)ncc3C(F)(F)F)c[nH]c2c1C1CC(F)(F)C1. The summed E-state index contributed by atoms with van der Waals surface area (Å²) in [5.41, 5.74) is -0.275. The van der Waals surface area contributed by atoms with E-state index in [9.17, 15) is 26.7 Å². The second-order valence-electron chi connectivity index (χ2n) is 10.8. The van der Waals surface area contributed by atoms with Crippen LogP contribution in [0.1, 0.15) is 56.6 Å². The van der Waals surface area contributed by atoms with Crippen LogP contribution in [0.4, 0.5) is 38.4 Å². The van der Waals surface area contributed by atoms with Gasteiger partial charge >= 0.3 is 12.3 Å². The van der Waals surface area contributed by atoms with Crippen molar-refractivity contribution in [2.75, 3.05) is 24.3 Å². The maximum absolute atomic E-state index is 14.1. The van der Waals surface area contributed by atoms with E-state index < -0.39 is 42.5 Å². The zero-order valence-corrected chi connectivity index (χ0v) is 21.6. The van der Waals surface area contributed by atoms with Gasteiger partial charge in [-0.3, -0.25) is 5.32 Å². The van der Waals surface area contributed by atoms with Crippen LogP contribution in [-0.2, 0) is 10.9 Å². The van der Waals surface area contributed by atoms with Gasteiger partial charge in [0.15, 0.2) is 0 Å². The van der Waals surface area contributed by atoms with E-state index in [1.807, 2.05) is 0 Å². The number of piperidine rings is 1. The van der Waals surface area contributed by atoms with Crippen molar-refractivity contribution in [2.45, 2.75) is 69.1 Å². The number of fused-ring (bicyclic) bond motifs is 1. The lowest BCUT2D eigenvalue weighted by atomic mass is 9.75. The number of nitrogens with one attached hydrogen (secondary N) is 4. The predicted molar refractivity (Wildman–Crippen MR) is 136 cm³/mol. The van der Waals surface area contributed by atoms with Crippen LogP contribution < -0.4 is 16.0 Å². The van der Waals surface area contributed by atoms with Crippen LogP contribution in [0.3, 0.4) is 0 Å². The Morgan fingerprint density at radius 3 is 2.56 bits per heavy atom. The largest absolute Gasteiger partial charge is 0.453 e. The Balaban J connectivity index is 1.57. The van der Waals surface area contributed by atoms with Crippen LogP contribution in [0, 0.1) is 0 Å². The number of alkyl halides is 5. The Kier molecular flexibility index (Phi) is 6.68. The number of nitrogens with zero attached hydrogens (tertiary/aromatic N) is 2. The summed E-state index contributed by atoms with van der Waals surface area (Å²) in [6.45, 7) is 4.77. The van der Waals surface area contributed by atoms with Gasteiger partial charge in [-0.2, -0.15) is 13.2 Å². The van der Waals surface area contributed by atoms with Crippen LogP contribution >= 0.6 is 0 Å². The molecule has 4 N–H and O–H groups in total. The molecule has 5 rings (SSSR count). The zero-order valence-electron chi connectivity index (χ0n) is 21.6. The summed E-state index contributed by atoms with van der Waals surface area (Å²) < 4.78 is 74.4. The normalized spacial score (nSPS) is 20.9. The van der Waals surface area contributed by atoms with E-state index in [1.54, 1.807) is 0 Å². The highest BCUT2D eigenvalue weighted by Gasteiger charge is 2.47. The lowest BCUT2D eigenvalue weighted by molar-refractivity contribution is -0.137. The number of carbonyl (C=O) groups excluding carboxylic acids is 1. The fourth-order valence-electron chi connectivity index (χ4n) is 5.27. The predicted octanol–water partition coefficient (Wildman–Crippen LogP) is 6.28. The van der Waals surface area contributed by atoms with Crippen LogP contribution in [-0.4, -0.2) is 52.2 Å². The topological polar surface area (TPSA) is 104 Å². The summed E-state index contributed by atoms with van der Waals surface area (Å²) in [5.74, 6) is -3.41. The molecule has 1 aromatic carbocycles. The second-order valence-corrected chi connectivity index (χ2v) is 10.8. The lowest BCUT2D eigenvalue weighted by Gasteiger charge is -2.36. The molecule has 1 atom stereocenters. The Hall–Kier alpha value is -3.48. The van der Waals surface area contributed by atoms with Crippen molar-refractivity contribution in [3.8, 4) is 11.3 Å². The average Bonchev–Trinajstić information content (AvgIpc) is 3.27. The number of aromatic nitrogens is 3. The summed E-state index contributed by atoms with van der Waals surface area (Å²) in [7, 11) is 1.17. The summed E-state index contributed by atoms with van der Waals surface area (Å²) in [5, 5.41) is 9.41. The Bertz CT molecular complexity index is 1390. The number of hydrogen-bond acceptors (Lipinski definition) is 6. The molecule has 1 amide bonds. The van der Waals surface area contributed by atoms with Crippen LogP contribution in [0.15, 0.2) is 24.5 Å². The number of aromatic amines is 1. The Morgan fingerprint density at radius 1 is 1.21 bits per heavy atom. The van der Waals surface area contributed by atoms with E-state index in [1.165, 1.54) is 25.4 Å². The fraction of sp³-hybridized carbons (Fsp3) is 0.500. The van der Waals surface area contributed by atoms with Gasteiger partial charge in [-0.1, -0.05) is 6.07 Å². The number of halogens is 5. The third kappa shape index (κ3) is 5.49. The molecule has 2 aromatic heterocycles. The molecule has 0 bridgehead atoms. The minimum absolute atomic E-state index is 0.0297. The molecule has 0 spiro atoms. The first-order chi connectivity index (χ1) is 18.3. The van der Waals surface area contributed by atoms with E-state index in [-0.39, 0.29) is 34.5 Å². The van der Waals surface area contributed by atoms with E-state index in [2.05, 4.69) is 49.5 Å². The second kappa shape index (κ2) is 9.61. The smallest absolute Gasteiger partial charge is 0.419 e. The van der Waals surface area contributed by atoms with Crippen LogP contribution in [0.5, 0.6) is 0 Å². The number of amides is 1. The molecule has 39 heavy (non-hydrogen) atoms. The first-order valence-corrected chi connectivity index (χ1v) is 12.6. The van der Waals surface area contributed by atoms with Gasteiger partial charge in [0.25, 0.3) is 0 Å². The van der Waals surface area contributed by atoms with E-state index in [4.69, 9.17) is 0 Å². The van der Waals surface area contributed by atoms with E-state index >= 15 is 0 Å². The van der Waals surface area contributed by atoms with Gasteiger partial charge in [-0.25, -0.2) is 23.5 Å². The number of hydrogen-bond donors (Lipinski definition) is 4. The van der Waals surface area contributed by atoms with Gasteiger partial charge in [0.05, 0.1) is 18.3 Å². The Labute approximate surface area is 221 Å². The molecule has 1 aliphatic heterocycles. The molecular weight excluding hydrogens is 523 g/mol. The van der Waals surface area contributed by atoms with Crippen molar-refractivity contribution in [1.82, 2.24) is 20.3 Å². The third-order valence-corrected chi connectivity index (χ3v) is 7.44. The highest BCUT2D eigenvalue weighted by Crippen LogP contribution is 2.52. The average molecular weight is 553 g/mol. The number of ether oxygens (including phenoxy) is 1. The highest BCUT2D eigenvalue weighted by molar-refractivity contribution is 6.01. The van der Waals surface area contributed by atoms with Gasteiger partial charge in [0.2, 0.25) is 11.9 Å². The number of anilines is 2. The molecular formula is C26H29F5N6O2. The van der Waals surface area contributed by atoms with Crippen molar-refractivity contribution in [1.29, 1.82) is 0 Å². The molecule has 8 nitrogen and oxygen atoms in total. The minimum Gasteiger partial charge on any atom is -0.453 e. The van der Waals surface area contributed by atoms with E-state index in [0.29, 0.717) is 23.0 Å². The molecule has 2 fully saturated rings. The van der Waals surface area contributed by atoms with Gasteiger partial charge in [-0.05, 0) is 38.7 Å². The molecule has 3 aromatic rings. The first kappa shape index (κ1) is 27.1. The molecule has 0 radical (unpaired) electrons. The van der Waals surface area contributed by atoms with Gasteiger partial charge < -0.3 is 20.4 Å². The van der Waals surface area contributed by atoms with Crippen LogP contribution in [0.25, 0.3) is 22.2 Å². The lowest BCUT2D eigenvalue weighted by Crippen LogP contribution is -2.50. The summed E-state index contributed by atoms with van der Waals surface area (Å²) >= 11 is 0.